The molecule has 0 aromatic carbocycles. The first-order valence-electron chi connectivity index (χ1n) is 6.26. The summed E-state index contributed by atoms with van der Waals surface area (Å²) in [6, 6.07) is 4.11. The number of aromatic nitrogens is 1. The number of hydrogen-bond acceptors (Lipinski definition) is 3. The first kappa shape index (κ1) is 11.2. The Balaban J connectivity index is 1.90. The van der Waals surface area contributed by atoms with Crippen LogP contribution in [0.25, 0.3) is 0 Å². The quantitative estimate of drug-likeness (QED) is 0.774. The maximum atomic E-state index is 5.62. The van der Waals surface area contributed by atoms with E-state index in [1.165, 1.54) is 24.8 Å². The third kappa shape index (κ3) is 2.87. The average Bonchev–Trinajstić information content (AvgIpc) is 2.34. The number of fused-ring (bicyclic) bond motifs is 1. The summed E-state index contributed by atoms with van der Waals surface area (Å²) in [7, 11) is 0. The molecule has 0 amide bonds. The Labute approximate surface area is 97.2 Å². The summed E-state index contributed by atoms with van der Waals surface area (Å²) in [5.41, 5.74) is 1.31. The summed E-state index contributed by atoms with van der Waals surface area (Å²) >= 11 is 0. The van der Waals surface area contributed by atoms with Gasteiger partial charge in [0.2, 0.25) is 5.88 Å². The van der Waals surface area contributed by atoms with Crippen molar-refractivity contribution in [3.8, 4) is 5.88 Å². The van der Waals surface area contributed by atoms with Crippen LogP contribution in [0.2, 0.25) is 0 Å². The van der Waals surface area contributed by atoms with Gasteiger partial charge in [-0.15, -0.1) is 0 Å². The molecule has 88 valence electrons. The summed E-state index contributed by atoms with van der Waals surface area (Å²) in [5.74, 6) is 1.77. The highest BCUT2D eigenvalue weighted by molar-refractivity contribution is 5.48. The molecule has 1 aromatic rings. The van der Waals surface area contributed by atoms with Crippen LogP contribution in [0.5, 0.6) is 5.88 Å². The Bertz CT molecular complexity index is 339. The third-order valence-corrected chi connectivity index (χ3v) is 2.87. The molecule has 1 N–H and O–H groups in total. The van der Waals surface area contributed by atoms with Crippen molar-refractivity contribution in [1.29, 1.82) is 0 Å². The molecule has 0 saturated carbocycles. The highest BCUT2D eigenvalue weighted by atomic mass is 16.5. The predicted molar refractivity (Wildman–Crippen MR) is 66.1 cm³/mol. The largest absolute Gasteiger partial charge is 0.478 e. The monoisotopic (exact) mass is 220 g/mol. The molecule has 3 heteroatoms. The minimum Gasteiger partial charge on any atom is -0.478 e. The van der Waals surface area contributed by atoms with Gasteiger partial charge in [0.1, 0.15) is 5.82 Å². The van der Waals surface area contributed by atoms with E-state index >= 15 is 0 Å². The van der Waals surface area contributed by atoms with E-state index in [0.29, 0.717) is 0 Å². The van der Waals surface area contributed by atoms with E-state index < -0.39 is 0 Å². The molecule has 2 heterocycles. The van der Waals surface area contributed by atoms with Crippen LogP contribution in [0.15, 0.2) is 12.1 Å². The number of hydrogen-bond donors (Lipinski definition) is 1. The van der Waals surface area contributed by atoms with E-state index in [4.69, 9.17) is 4.74 Å². The van der Waals surface area contributed by atoms with Gasteiger partial charge in [0.05, 0.1) is 6.61 Å². The lowest BCUT2D eigenvalue weighted by atomic mass is 10.1. The van der Waals surface area contributed by atoms with Crippen LogP contribution >= 0.6 is 0 Å². The van der Waals surface area contributed by atoms with Crippen molar-refractivity contribution in [3.05, 3.63) is 17.7 Å². The molecule has 0 fully saturated rings. The summed E-state index contributed by atoms with van der Waals surface area (Å²) in [5, 5.41) is 3.31. The van der Waals surface area contributed by atoms with Gasteiger partial charge in [-0.2, -0.15) is 4.98 Å². The molecule has 0 saturated heterocycles. The van der Waals surface area contributed by atoms with Crippen molar-refractivity contribution in [2.75, 3.05) is 18.5 Å². The lowest BCUT2D eigenvalue weighted by Crippen LogP contribution is -2.13. The second-order valence-corrected chi connectivity index (χ2v) is 4.24. The third-order valence-electron chi connectivity index (χ3n) is 2.87. The number of pyridine rings is 1. The van der Waals surface area contributed by atoms with Crippen LogP contribution in [0, 0.1) is 0 Å². The summed E-state index contributed by atoms with van der Waals surface area (Å²) in [6.07, 6.45) is 5.89. The predicted octanol–water partition coefficient (Wildman–Crippen LogP) is 3.01. The van der Waals surface area contributed by atoms with Crippen LogP contribution in [-0.4, -0.2) is 18.1 Å². The van der Waals surface area contributed by atoms with E-state index in [9.17, 15) is 0 Å². The second-order valence-electron chi connectivity index (χ2n) is 4.24. The Morgan fingerprint density at radius 2 is 2.31 bits per heavy atom. The van der Waals surface area contributed by atoms with Crippen molar-refractivity contribution >= 4 is 5.82 Å². The first-order chi connectivity index (χ1) is 7.90. The normalized spacial score (nSPS) is 14.1. The highest BCUT2D eigenvalue weighted by Gasteiger charge is 2.10. The zero-order chi connectivity index (χ0) is 11.2. The minimum atomic E-state index is 0.754. The zero-order valence-corrected chi connectivity index (χ0v) is 9.96. The Hall–Kier alpha value is -1.25. The summed E-state index contributed by atoms with van der Waals surface area (Å²) in [6.45, 7) is 4.00. The lowest BCUT2D eigenvalue weighted by molar-refractivity contribution is 0.295. The molecule has 3 nitrogen and oxygen atoms in total. The molecular weight excluding hydrogens is 200 g/mol. The average molecular weight is 220 g/mol. The van der Waals surface area contributed by atoms with Gasteiger partial charge >= 0.3 is 0 Å². The smallest absolute Gasteiger partial charge is 0.215 e. The fourth-order valence-electron chi connectivity index (χ4n) is 1.92. The van der Waals surface area contributed by atoms with Gasteiger partial charge in [0.15, 0.2) is 0 Å². The lowest BCUT2D eigenvalue weighted by Gasteiger charge is -2.17. The Kier molecular flexibility index (Phi) is 4.03. The molecular formula is C13H20N2O. The molecule has 1 aromatic heterocycles. The molecule has 0 radical (unpaired) electrons. The fraction of sp³-hybridized carbons (Fsp3) is 0.615. The van der Waals surface area contributed by atoms with Crippen LogP contribution in [0.4, 0.5) is 5.82 Å². The second kappa shape index (κ2) is 5.73. The van der Waals surface area contributed by atoms with Gasteiger partial charge in [-0.05, 0) is 30.9 Å². The fourth-order valence-corrected chi connectivity index (χ4v) is 1.92. The number of rotatable bonds is 5. The summed E-state index contributed by atoms with van der Waals surface area (Å²) in [4.78, 5) is 4.48. The van der Waals surface area contributed by atoms with Crippen molar-refractivity contribution in [2.24, 2.45) is 0 Å². The van der Waals surface area contributed by atoms with Crippen molar-refractivity contribution in [1.82, 2.24) is 4.98 Å². The molecule has 0 unspecified atom stereocenters. The topological polar surface area (TPSA) is 34.1 Å². The standard InChI is InChI=1S/C13H20N2O/c1-2-3-4-10-16-12-8-7-11-6-5-9-14-13(11)15-12/h7-8H,2-6,9-10H2,1H3,(H,14,15). The maximum Gasteiger partial charge on any atom is 0.215 e. The number of aryl methyl sites for hydroxylation is 1. The molecule has 1 aliphatic heterocycles. The summed E-state index contributed by atoms with van der Waals surface area (Å²) < 4.78 is 5.62. The van der Waals surface area contributed by atoms with E-state index in [2.05, 4.69) is 23.3 Å². The molecule has 0 atom stereocenters. The number of nitrogens with one attached hydrogen (secondary N) is 1. The highest BCUT2D eigenvalue weighted by Crippen LogP contribution is 2.22. The maximum absolute atomic E-state index is 5.62. The van der Waals surface area contributed by atoms with Gasteiger partial charge in [0.25, 0.3) is 0 Å². The van der Waals surface area contributed by atoms with Crippen LogP contribution in [0.1, 0.15) is 38.2 Å². The Morgan fingerprint density at radius 3 is 3.19 bits per heavy atom. The number of ether oxygens (including phenoxy) is 1. The molecule has 0 spiro atoms. The SMILES string of the molecule is CCCCCOc1ccc2c(n1)NCCC2. The van der Waals surface area contributed by atoms with Gasteiger partial charge in [-0.25, -0.2) is 0 Å². The number of nitrogens with zero attached hydrogens (tertiary/aromatic N) is 1. The van der Waals surface area contributed by atoms with Crippen LogP contribution in [-0.2, 0) is 6.42 Å². The molecule has 2 rings (SSSR count). The Morgan fingerprint density at radius 1 is 1.38 bits per heavy atom. The molecule has 0 bridgehead atoms. The molecule has 1 aliphatic rings. The number of unbranched alkanes of at least 4 members (excludes halogenated alkanes) is 2. The van der Waals surface area contributed by atoms with Crippen molar-refractivity contribution in [2.45, 2.75) is 39.0 Å². The van der Waals surface area contributed by atoms with Crippen molar-refractivity contribution < 1.29 is 4.74 Å². The molecule has 16 heavy (non-hydrogen) atoms. The van der Waals surface area contributed by atoms with Gasteiger partial charge in [-0.3, -0.25) is 0 Å². The molecule has 0 aliphatic carbocycles. The van der Waals surface area contributed by atoms with E-state index in [1.54, 1.807) is 0 Å². The van der Waals surface area contributed by atoms with Gasteiger partial charge in [-0.1, -0.05) is 19.8 Å². The van der Waals surface area contributed by atoms with Gasteiger partial charge in [0, 0.05) is 12.6 Å². The van der Waals surface area contributed by atoms with Crippen molar-refractivity contribution in [3.63, 3.8) is 0 Å². The van der Waals surface area contributed by atoms with Crippen LogP contribution in [0.3, 0.4) is 0 Å². The van der Waals surface area contributed by atoms with E-state index in [-0.39, 0.29) is 0 Å². The number of anilines is 1. The van der Waals surface area contributed by atoms with Crippen LogP contribution < -0.4 is 10.1 Å². The van der Waals surface area contributed by atoms with E-state index in [1.807, 2.05) is 6.07 Å². The zero-order valence-electron chi connectivity index (χ0n) is 9.96. The van der Waals surface area contributed by atoms with E-state index in [0.717, 1.165) is 37.7 Å². The first-order valence-corrected chi connectivity index (χ1v) is 6.26. The van der Waals surface area contributed by atoms with Gasteiger partial charge < -0.3 is 10.1 Å². The minimum absolute atomic E-state index is 0.754.